The highest BCUT2D eigenvalue weighted by Crippen LogP contribution is 2.13. The van der Waals surface area contributed by atoms with Gasteiger partial charge in [0.15, 0.2) is 0 Å². The molecule has 0 aromatic rings. The predicted octanol–water partition coefficient (Wildman–Crippen LogP) is 11.0. The molecule has 0 heterocycles. The molecule has 5 heteroatoms. The van der Waals surface area contributed by atoms with Crippen LogP contribution in [0.4, 0.5) is 0 Å². The van der Waals surface area contributed by atoms with Crippen molar-refractivity contribution in [3.05, 3.63) is 24.3 Å². The molecule has 0 radical (unpaired) electrons. The van der Waals surface area contributed by atoms with Crippen molar-refractivity contribution in [2.24, 2.45) is 5.41 Å². The minimum absolute atomic E-state index is 0.406. The van der Waals surface area contributed by atoms with Crippen LogP contribution in [0.1, 0.15) is 194 Å². The van der Waals surface area contributed by atoms with Gasteiger partial charge in [-0.1, -0.05) is 154 Å². The molecular formula is C41H82O5. The number of rotatable bonds is 36. The number of ether oxygens (including phenoxy) is 1. The van der Waals surface area contributed by atoms with Gasteiger partial charge in [0.25, 0.3) is 0 Å². The number of aliphatic hydroxyl groups is 4. The molecule has 0 atom stereocenters. The first-order valence-corrected chi connectivity index (χ1v) is 20.0. The van der Waals surface area contributed by atoms with Crippen molar-refractivity contribution >= 4 is 0 Å². The molecule has 0 aliphatic heterocycles. The number of hydrogen-bond donors (Lipinski definition) is 4. The smallest absolute Gasteiger partial charge is 0.0627 e. The highest BCUT2D eigenvalue weighted by Gasteiger charge is 2.26. The van der Waals surface area contributed by atoms with Gasteiger partial charge in [-0.15, -0.1) is 0 Å². The van der Waals surface area contributed by atoms with Gasteiger partial charge in [-0.25, -0.2) is 0 Å². The van der Waals surface area contributed by atoms with Gasteiger partial charge in [0.05, 0.1) is 31.8 Å². The van der Waals surface area contributed by atoms with Crippen molar-refractivity contribution in [2.75, 3.05) is 39.6 Å². The third kappa shape index (κ3) is 37.7. The molecule has 0 rings (SSSR count). The van der Waals surface area contributed by atoms with Crippen LogP contribution in [0.15, 0.2) is 24.3 Å². The summed E-state index contributed by atoms with van der Waals surface area (Å²) in [7, 11) is 0. The predicted molar refractivity (Wildman–Crippen MR) is 200 cm³/mol. The number of allylic oxidation sites excluding steroid dienone is 4. The summed E-state index contributed by atoms with van der Waals surface area (Å²) in [4.78, 5) is 0. The lowest BCUT2D eigenvalue weighted by Gasteiger charge is -2.23. The molecule has 0 spiro atoms. The lowest BCUT2D eigenvalue weighted by atomic mass is 9.93. The lowest BCUT2D eigenvalue weighted by Crippen LogP contribution is -2.37. The summed E-state index contributed by atoms with van der Waals surface area (Å²) in [6.45, 7) is 4.91. The molecule has 46 heavy (non-hydrogen) atoms. The average molecular weight is 655 g/mol. The third-order valence-electron chi connectivity index (χ3n) is 8.94. The summed E-state index contributed by atoms with van der Waals surface area (Å²) in [5.41, 5.74) is -1.11. The fourth-order valence-corrected chi connectivity index (χ4v) is 5.31. The zero-order valence-electron chi connectivity index (χ0n) is 31.0. The van der Waals surface area contributed by atoms with Gasteiger partial charge >= 0.3 is 0 Å². The number of aliphatic hydroxyl groups excluding tert-OH is 4. The van der Waals surface area contributed by atoms with E-state index in [4.69, 9.17) is 25.2 Å². The largest absolute Gasteiger partial charge is 0.396 e. The highest BCUT2D eigenvalue weighted by atomic mass is 16.5. The lowest BCUT2D eigenvalue weighted by molar-refractivity contribution is -0.0328. The second kappa shape index (κ2) is 42.3. The molecule has 0 aromatic carbocycles. The molecule has 0 saturated carbocycles. The Morgan fingerprint density at radius 2 is 0.587 bits per heavy atom. The van der Waals surface area contributed by atoms with Gasteiger partial charge < -0.3 is 25.2 Å². The van der Waals surface area contributed by atoms with E-state index < -0.39 is 31.8 Å². The van der Waals surface area contributed by atoms with Crippen molar-refractivity contribution in [1.29, 1.82) is 0 Å². The molecular weight excluding hydrogens is 572 g/mol. The molecule has 0 aliphatic carbocycles. The molecule has 0 bridgehead atoms. The van der Waals surface area contributed by atoms with E-state index in [1.807, 2.05) is 0 Å². The topological polar surface area (TPSA) is 90.2 Å². The highest BCUT2D eigenvalue weighted by molar-refractivity contribution is 4.82. The Labute approximate surface area is 287 Å². The fraction of sp³-hybridized carbons (Fsp3) is 0.902. The van der Waals surface area contributed by atoms with E-state index in [9.17, 15) is 0 Å². The number of unbranched alkanes of at least 4 members (excludes halogenated alkanes) is 24. The van der Waals surface area contributed by atoms with Crippen molar-refractivity contribution in [3.63, 3.8) is 0 Å². The first kappa shape index (κ1) is 47.4. The first-order chi connectivity index (χ1) is 22.7. The van der Waals surface area contributed by atoms with Crippen LogP contribution < -0.4 is 0 Å². The Hall–Kier alpha value is -0.720. The van der Waals surface area contributed by atoms with Gasteiger partial charge in [0.1, 0.15) is 0 Å². The molecule has 0 unspecified atom stereocenters. The van der Waals surface area contributed by atoms with Gasteiger partial charge in [0, 0.05) is 13.2 Å². The Morgan fingerprint density at radius 3 is 0.826 bits per heavy atom. The molecule has 4 N–H and O–H groups in total. The van der Waals surface area contributed by atoms with Gasteiger partial charge in [-0.2, -0.15) is 0 Å². The fourth-order valence-electron chi connectivity index (χ4n) is 5.31. The Balaban J connectivity index is 0. The number of hydrogen-bond acceptors (Lipinski definition) is 5. The Bertz CT molecular complexity index is 530. The van der Waals surface area contributed by atoms with Crippen LogP contribution in [0.3, 0.4) is 0 Å². The van der Waals surface area contributed by atoms with E-state index in [0.717, 1.165) is 13.2 Å². The van der Waals surface area contributed by atoms with Crippen molar-refractivity contribution in [1.82, 2.24) is 0 Å². The van der Waals surface area contributed by atoms with Crippen molar-refractivity contribution < 1.29 is 25.2 Å². The monoisotopic (exact) mass is 655 g/mol. The second-order valence-corrected chi connectivity index (χ2v) is 13.6. The van der Waals surface area contributed by atoms with E-state index in [1.165, 1.54) is 180 Å². The molecule has 276 valence electrons. The second-order valence-electron chi connectivity index (χ2n) is 13.6. The van der Waals surface area contributed by atoms with Crippen LogP contribution >= 0.6 is 0 Å². The minimum Gasteiger partial charge on any atom is -0.396 e. The van der Waals surface area contributed by atoms with Crippen LogP contribution in [-0.2, 0) is 4.74 Å². The van der Waals surface area contributed by atoms with Crippen LogP contribution in [0, 0.1) is 5.41 Å². The quantitative estimate of drug-likeness (QED) is 0.0399. The van der Waals surface area contributed by atoms with Gasteiger partial charge in [-0.05, 0) is 64.2 Å². The standard InChI is InChI=1S/C36H70O.C5H12O4/c1-3-5-7-9-11-13-15-17-19-21-23-25-27-29-31-33-35-37-36-34-32-30-28-26-24-22-20-18-16-14-12-10-8-6-4-2;6-1-5(2-7,3-8)4-9/h17-20H,3-16,21-36H2,1-2H3;6-9H,1-4H2. The molecule has 0 amide bonds. The van der Waals surface area contributed by atoms with Crippen LogP contribution in [0.5, 0.6) is 0 Å². The van der Waals surface area contributed by atoms with E-state index in [2.05, 4.69) is 38.2 Å². The maximum Gasteiger partial charge on any atom is 0.0627 e. The van der Waals surface area contributed by atoms with E-state index >= 15 is 0 Å². The van der Waals surface area contributed by atoms with Gasteiger partial charge in [0.2, 0.25) is 0 Å². The summed E-state index contributed by atoms with van der Waals surface area (Å²) in [6.07, 6.45) is 48.1. The summed E-state index contributed by atoms with van der Waals surface area (Å²) in [5, 5.41) is 34.0. The molecule has 0 fully saturated rings. The molecule has 0 aliphatic rings. The maximum atomic E-state index is 8.50. The van der Waals surface area contributed by atoms with E-state index in [1.54, 1.807) is 0 Å². The van der Waals surface area contributed by atoms with Crippen LogP contribution in [0.2, 0.25) is 0 Å². The third-order valence-corrected chi connectivity index (χ3v) is 8.94. The summed E-state index contributed by atoms with van der Waals surface area (Å²) < 4.78 is 5.85. The van der Waals surface area contributed by atoms with Crippen molar-refractivity contribution in [2.45, 2.75) is 194 Å². The van der Waals surface area contributed by atoms with Crippen LogP contribution in [0.25, 0.3) is 0 Å². The van der Waals surface area contributed by atoms with Crippen LogP contribution in [-0.4, -0.2) is 60.1 Å². The average Bonchev–Trinajstić information content (AvgIpc) is 3.08. The zero-order chi connectivity index (χ0) is 34.1. The minimum atomic E-state index is -1.11. The summed E-state index contributed by atoms with van der Waals surface area (Å²) in [6, 6.07) is 0. The Kier molecular flexibility index (Phi) is 43.6. The maximum absolute atomic E-state index is 8.50. The Morgan fingerprint density at radius 1 is 0.348 bits per heavy atom. The zero-order valence-corrected chi connectivity index (χ0v) is 31.0. The SMILES string of the molecule is CCCCCCCCC=CCCCCCCCCOCCCCCCCCC=CCCCCCCCC.OCC(CO)(CO)CO. The van der Waals surface area contributed by atoms with E-state index in [0.29, 0.717) is 0 Å². The normalized spacial score (nSPS) is 12.0. The van der Waals surface area contributed by atoms with E-state index in [-0.39, 0.29) is 0 Å². The first-order valence-electron chi connectivity index (χ1n) is 20.0. The van der Waals surface area contributed by atoms with Crippen molar-refractivity contribution in [3.8, 4) is 0 Å². The van der Waals surface area contributed by atoms with Gasteiger partial charge in [-0.3, -0.25) is 0 Å². The molecule has 0 saturated heterocycles. The summed E-state index contributed by atoms with van der Waals surface area (Å²) >= 11 is 0. The summed E-state index contributed by atoms with van der Waals surface area (Å²) in [5.74, 6) is 0. The molecule has 0 aromatic heterocycles. The molecule has 5 nitrogen and oxygen atoms in total.